The lowest BCUT2D eigenvalue weighted by Gasteiger charge is -2.37. The highest BCUT2D eigenvalue weighted by Crippen LogP contribution is 2.20. The molecule has 0 saturated carbocycles. The van der Waals surface area contributed by atoms with E-state index in [1.807, 2.05) is 0 Å². The third-order valence-electron chi connectivity index (χ3n) is 3.65. The molecular formula is C14H26N2O2. The standard InChI is InChI=1S/C14H26N2O2/c1-3-7-15-14(12-6-5-9-17-12)13-11-16(4-2)8-10-18-13/h6,13-15H,3-5,7-11H2,1-2H3. The quantitative estimate of drug-likeness (QED) is 0.776. The van der Waals surface area contributed by atoms with E-state index in [1.165, 1.54) is 0 Å². The zero-order chi connectivity index (χ0) is 12.8. The van der Waals surface area contributed by atoms with E-state index in [-0.39, 0.29) is 12.1 Å². The normalized spacial score (nSPS) is 26.8. The Labute approximate surface area is 110 Å². The summed E-state index contributed by atoms with van der Waals surface area (Å²) in [6.07, 6.45) is 4.59. The van der Waals surface area contributed by atoms with Gasteiger partial charge in [-0.1, -0.05) is 13.8 Å². The fraction of sp³-hybridized carbons (Fsp3) is 0.857. The molecule has 0 amide bonds. The van der Waals surface area contributed by atoms with Crippen LogP contribution in [0.15, 0.2) is 11.8 Å². The zero-order valence-electron chi connectivity index (χ0n) is 11.7. The molecule has 4 heteroatoms. The first kappa shape index (κ1) is 13.8. The minimum absolute atomic E-state index is 0.217. The van der Waals surface area contributed by atoms with Crippen molar-refractivity contribution >= 4 is 0 Å². The highest BCUT2D eigenvalue weighted by atomic mass is 16.5. The van der Waals surface area contributed by atoms with E-state index in [2.05, 4.69) is 30.1 Å². The number of morpholine rings is 1. The van der Waals surface area contributed by atoms with Crippen molar-refractivity contribution in [2.24, 2.45) is 0 Å². The molecule has 0 radical (unpaired) electrons. The van der Waals surface area contributed by atoms with Gasteiger partial charge in [0.05, 0.1) is 25.4 Å². The van der Waals surface area contributed by atoms with Gasteiger partial charge in [-0.2, -0.15) is 0 Å². The lowest BCUT2D eigenvalue weighted by atomic mass is 10.1. The van der Waals surface area contributed by atoms with Crippen molar-refractivity contribution < 1.29 is 9.47 Å². The molecule has 104 valence electrons. The fourth-order valence-corrected chi connectivity index (χ4v) is 2.59. The number of rotatable bonds is 6. The highest BCUT2D eigenvalue weighted by Gasteiger charge is 2.31. The lowest BCUT2D eigenvalue weighted by Crippen LogP contribution is -2.53. The number of nitrogens with one attached hydrogen (secondary N) is 1. The molecule has 1 saturated heterocycles. The summed E-state index contributed by atoms with van der Waals surface area (Å²) in [5, 5.41) is 3.58. The number of hydrogen-bond acceptors (Lipinski definition) is 4. The summed E-state index contributed by atoms with van der Waals surface area (Å²) in [4.78, 5) is 2.45. The van der Waals surface area contributed by atoms with Crippen LogP contribution >= 0.6 is 0 Å². The maximum absolute atomic E-state index is 5.96. The van der Waals surface area contributed by atoms with Crippen LogP contribution in [0.5, 0.6) is 0 Å². The van der Waals surface area contributed by atoms with Crippen molar-refractivity contribution in [3.63, 3.8) is 0 Å². The predicted octanol–water partition coefficient (Wildman–Crippen LogP) is 1.38. The van der Waals surface area contributed by atoms with Crippen molar-refractivity contribution in [1.82, 2.24) is 10.2 Å². The molecule has 2 aliphatic rings. The van der Waals surface area contributed by atoms with E-state index < -0.39 is 0 Å². The third kappa shape index (κ3) is 3.46. The summed E-state index contributed by atoms with van der Waals surface area (Å²) in [6, 6.07) is 0.224. The molecule has 2 rings (SSSR count). The molecule has 0 aromatic heterocycles. The van der Waals surface area contributed by atoms with Crippen molar-refractivity contribution in [3.05, 3.63) is 11.8 Å². The summed E-state index contributed by atoms with van der Waals surface area (Å²) in [7, 11) is 0. The van der Waals surface area contributed by atoms with Crippen LogP contribution in [0.25, 0.3) is 0 Å². The number of nitrogens with zero attached hydrogens (tertiary/aromatic N) is 1. The van der Waals surface area contributed by atoms with E-state index in [9.17, 15) is 0 Å². The molecule has 2 heterocycles. The van der Waals surface area contributed by atoms with Gasteiger partial charge in [0.1, 0.15) is 5.76 Å². The molecule has 2 unspecified atom stereocenters. The Morgan fingerprint density at radius 2 is 2.33 bits per heavy atom. The Kier molecular flexibility index (Phi) is 5.47. The van der Waals surface area contributed by atoms with Crippen LogP contribution in [0.1, 0.15) is 26.7 Å². The molecule has 1 fully saturated rings. The van der Waals surface area contributed by atoms with Gasteiger partial charge in [0.2, 0.25) is 0 Å². The summed E-state index contributed by atoms with van der Waals surface area (Å²) in [5.74, 6) is 1.09. The summed E-state index contributed by atoms with van der Waals surface area (Å²) in [6.45, 7) is 10.2. The van der Waals surface area contributed by atoms with Gasteiger partial charge in [-0.3, -0.25) is 4.90 Å². The first-order valence-corrected chi connectivity index (χ1v) is 7.25. The Balaban J connectivity index is 1.98. The molecule has 2 atom stereocenters. The molecule has 4 nitrogen and oxygen atoms in total. The van der Waals surface area contributed by atoms with Crippen LogP contribution in [0.4, 0.5) is 0 Å². The van der Waals surface area contributed by atoms with Gasteiger partial charge in [0.15, 0.2) is 0 Å². The SMILES string of the molecule is CCCNC(C1=CCCO1)C1CN(CC)CCO1. The van der Waals surface area contributed by atoms with E-state index in [0.29, 0.717) is 0 Å². The van der Waals surface area contributed by atoms with Gasteiger partial charge in [0.25, 0.3) is 0 Å². The molecular weight excluding hydrogens is 228 g/mol. The number of ether oxygens (including phenoxy) is 2. The largest absolute Gasteiger partial charge is 0.496 e. The molecule has 0 aliphatic carbocycles. The van der Waals surface area contributed by atoms with E-state index in [4.69, 9.17) is 9.47 Å². The first-order valence-electron chi connectivity index (χ1n) is 7.25. The molecule has 0 aromatic carbocycles. The fourth-order valence-electron chi connectivity index (χ4n) is 2.59. The maximum atomic E-state index is 5.96. The number of hydrogen-bond donors (Lipinski definition) is 1. The van der Waals surface area contributed by atoms with Crippen LogP contribution in [0, 0.1) is 0 Å². The Hall–Kier alpha value is -0.580. The highest BCUT2D eigenvalue weighted by molar-refractivity contribution is 5.10. The van der Waals surface area contributed by atoms with Gasteiger partial charge in [-0.25, -0.2) is 0 Å². The lowest BCUT2D eigenvalue weighted by molar-refractivity contribution is -0.0461. The molecule has 1 N–H and O–H groups in total. The van der Waals surface area contributed by atoms with Crippen LogP contribution in [0.2, 0.25) is 0 Å². The van der Waals surface area contributed by atoms with Crippen LogP contribution in [-0.2, 0) is 9.47 Å². The van der Waals surface area contributed by atoms with Crippen LogP contribution in [0.3, 0.4) is 0 Å². The van der Waals surface area contributed by atoms with Gasteiger partial charge in [-0.15, -0.1) is 0 Å². The average molecular weight is 254 g/mol. The molecule has 0 spiro atoms. The smallest absolute Gasteiger partial charge is 0.112 e. The summed E-state index contributed by atoms with van der Waals surface area (Å²) in [5.41, 5.74) is 0. The monoisotopic (exact) mass is 254 g/mol. The second-order valence-corrected chi connectivity index (χ2v) is 4.98. The molecule has 0 bridgehead atoms. The van der Waals surface area contributed by atoms with Gasteiger partial charge in [0, 0.05) is 19.5 Å². The minimum atomic E-state index is 0.217. The second-order valence-electron chi connectivity index (χ2n) is 4.98. The Morgan fingerprint density at radius 1 is 1.44 bits per heavy atom. The topological polar surface area (TPSA) is 33.7 Å². The zero-order valence-corrected chi connectivity index (χ0v) is 11.7. The van der Waals surface area contributed by atoms with E-state index in [0.717, 1.165) is 58.0 Å². The van der Waals surface area contributed by atoms with Crippen molar-refractivity contribution in [2.75, 3.05) is 39.4 Å². The summed E-state index contributed by atoms with van der Waals surface area (Å²) >= 11 is 0. The minimum Gasteiger partial charge on any atom is -0.496 e. The van der Waals surface area contributed by atoms with Gasteiger partial charge < -0.3 is 14.8 Å². The average Bonchev–Trinajstić information content (AvgIpc) is 2.93. The van der Waals surface area contributed by atoms with Crippen LogP contribution < -0.4 is 5.32 Å². The number of likely N-dealkylation sites (N-methyl/N-ethyl adjacent to an activating group) is 1. The van der Waals surface area contributed by atoms with Crippen molar-refractivity contribution in [2.45, 2.75) is 38.8 Å². The van der Waals surface area contributed by atoms with E-state index in [1.54, 1.807) is 0 Å². The predicted molar refractivity (Wildman–Crippen MR) is 72.6 cm³/mol. The third-order valence-corrected chi connectivity index (χ3v) is 3.65. The van der Waals surface area contributed by atoms with Gasteiger partial charge in [-0.05, 0) is 25.6 Å². The van der Waals surface area contributed by atoms with E-state index >= 15 is 0 Å². The maximum Gasteiger partial charge on any atom is 0.112 e. The van der Waals surface area contributed by atoms with Crippen LogP contribution in [-0.4, -0.2) is 56.4 Å². The van der Waals surface area contributed by atoms with Crippen molar-refractivity contribution in [1.29, 1.82) is 0 Å². The van der Waals surface area contributed by atoms with Crippen molar-refractivity contribution in [3.8, 4) is 0 Å². The Morgan fingerprint density at radius 3 is 3.00 bits per heavy atom. The second kappa shape index (κ2) is 7.12. The first-order chi connectivity index (χ1) is 8.85. The molecule has 0 aromatic rings. The Bertz CT molecular complexity index is 281. The molecule has 2 aliphatic heterocycles. The molecule has 18 heavy (non-hydrogen) atoms. The summed E-state index contributed by atoms with van der Waals surface area (Å²) < 4.78 is 11.7. The van der Waals surface area contributed by atoms with Gasteiger partial charge >= 0.3 is 0 Å².